The molecule has 0 saturated heterocycles. The molecular weight excluding hydrogens is 274 g/mol. The summed E-state index contributed by atoms with van der Waals surface area (Å²) in [5, 5.41) is 3.15. The molecule has 0 fully saturated rings. The van der Waals surface area contributed by atoms with Gasteiger partial charge in [0.15, 0.2) is 0 Å². The van der Waals surface area contributed by atoms with Crippen LogP contribution < -0.4 is 9.62 Å². The van der Waals surface area contributed by atoms with Crippen LogP contribution in [0, 0.1) is 0 Å². The van der Waals surface area contributed by atoms with Crippen molar-refractivity contribution < 1.29 is 8.42 Å². The first-order valence-corrected chi connectivity index (χ1v) is 7.91. The van der Waals surface area contributed by atoms with Crippen LogP contribution in [-0.4, -0.2) is 27.0 Å². The molecule has 0 unspecified atom stereocenters. The van der Waals surface area contributed by atoms with Gasteiger partial charge >= 0.3 is 0 Å². The molecule has 0 aliphatic heterocycles. The van der Waals surface area contributed by atoms with E-state index >= 15 is 0 Å². The van der Waals surface area contributed by atoms with Crippen LogP contribution in [0.15, 0.2) is 47.5 Å². The highest BCUT2D eigenvalue weighted by molar-refractivity contribution is 7.92. The molecule has 0 aliphatic carbocycles. The van der Waals surface area contributed by atoms with Crippen molar-refractivity contribution in [3.8, 4) is 0 Å². The number of H-pyrrole nitrogens is 1. The van der Waals surface area contributed by atoms with Crippen LogP contribution >= 0.6 is 0 Å². The number of benzene rings is 1. The van der Waals surface area contributed by atoms with Crippen molar-refractivity contribution in [3.05, 3.63) is 48.3 Å². The number of hydrogen-bond donors (Lipinski definition) is 2. The predicted octanol–water partition coefficient (Wildman–Crippen LogP) is 1.95. The number of aromatic nitrogens is 1. The molecule has 0 atom stereocenters. The third-order valence-electron chi connectivity index (χ3n) is 3.06. The summed E-state index contributed by atoms with van der Waals surface area (Å²) in [6.45, 7) is 3.47. The maximum absolute atomic E-state index is 12.5. The van der Waals surface area contributed by atoms with Crippen LogP contribution in [0.1, 0.15) is 12.6 Å². The Morgan fingerprint density at radius 3 is 2.60 bits per heavy atom. The molecule has 0 aliphatic rings. The minimum absolute atomic E-state index is 0.275. The van der Waals surface area contributed by atoms with Crippen molar-refractivity contribution in [2.45, 2.75) is 18.4 Å². The molecule has 6 heteroatoms. The Hall–Kier alpha value is -1.79. The van der Waals surface area contributed by atoms with Gasteiger partial charge in [0, 0.05) is 25.5 Å². The van der Waals surface area contributed by atoms with E-state index in [9.17, 15) is 8.42 Å². The fraction of sp³-hybridized carbons (Fsp3) is 0.286. The zero-order valence-electron chi connectivity index (χ0n) is 11.6. The van der Waals surface area contributed by atoms with Crippen molar-refractivity contribution in [1.29, 1.82) is 0 Å². The van der Waals surface area contributed by atoms with Crippen molar-refractivity contribution in [2.24, 2.45) is 0 Å². The molecule has 2 N–H and O–H groups in total. The first-order valence-electron chi connectivity index (χ1n) is 6.47. The Morgan fingerprint density at radius 1 is 1.25 bits per heavy atom. The molecule has 0 radical (unpaired) electrons. The number of sulfonamides is 1. The van der Waals surface area contributed by atoms with Gasteiger partial charge < -0.3 is 10.3 Å². The maximum Gasteiger partial charge on any atom is 0.265 e. The Morgan fingerprint density at radius 2 is 1.95 bits per heavy atom. The van der Waals surface area contributed by atoms with Crippen LogP contribution in [0.25, 0.3) is 0 Å². The minimum atomic E-state index is -3.52. The van der Waals surface area contributed by atoms with Crippen LogP contribution in [0.5, 0.6) is 0 Å². The van der Waals surface area contributed by atoms with Crippen molar-refractivity contribution in [2.75, 3.05) is 17.9 Å². The molecule has 1 aromatic carbocycles. The first kappa shape index (κ1) is 14.6. The third-order valence-corrected chi connectivity index (χ3v) is 4.82. The number of para-hydroxylation sites is 1. The molecule has 0 spiro atoms. The van der Waals surface area contributed by atoms with Gasteiger partial charge in [-0.15, -0.1) is 0 Å². The maximum atomic E-state index is 12.5. The quantitative estimate of drug-likeness (QED) is 0.855. The summed E-state index contributed by atoms with van der Waals surface area (Å²) in [6, 6.07) is 10.7. The number of nitrogens with zero attached hydrogens (tertiary/aromatic N) is 1. The van der Waals surface area contributed by atoms with Gasteiger partial charge in [0.2, 0.25) is 0 Å². The fourth-order valence-electron chi connectivity index (χ4n) is 1.86. The van der Waals surface area contributed by atoms with Gasteiger partial charge in [0.05, 0.1) is 5.69 Å². The molecule has 108 valence electrons. The lowest BCUT2D eigenvalue weighted by molar-refractivity contribution is 0.594. The number of anilines is 1. The summed E-state index contributed by atoms with van der Waals surface area (Å²) in [7, 11) is -1.96. The second-order valence-corrected chi connectivity index (χ2v) is 6.42. The van der Waals surface area contributed by atoms with E-state index in [1.807, 2.05) is 25.1 Å². The number of hydrogen-bond acceptors (Lipinski definition) is 3. The Balaban J connectivity index is 2.24. The van der Waals surface area contributed by atoms with Crippen LogP contribution in [0.4, 0.5) is 5.69 Å². The Kier molecular flexibility index (Phi) is 4.46. The highest BCUT2D eigenvalue weighted by Crippen LogP contribution is 2.22. The van der Waals surface area contributed by atoms with Crippen molar-refractivity contribution in [3.63, 3.8) is 0 Å². The molecule has 20 heavy (non-hydrogen) atoms. The zero-order valence-corrected chi connectivity index (χ0v) is 12.4. The molecule has 0 amide bonds. The van der Waals surface area contributed by atoms with E-state index in [1.54, 1.807) is 25.2 Å². The summed E-state index contributed by atoms with van der Waals surface area (Å²) in [5.74, 6) is 0. The third kappa shape index (κ3) is 3.02. The predicted molar refractivity (Wildman–Crippen MR) is 80.2 cm³/mol. The highest BCUT2D eigenvalue weighted by Gasteiger charge is 2.22. The highest BCUT2D eigenvalue weighted by atomic mass is 32.2. The van der Waals surface area contributed by atoms with Gasteiger partial charge in [0.1, 0.15) is 4.90 Å². The summed E-state index contributed by atoms with van der Waals surface area (Å²) in [5.41, 5.74) is 1.49. The molecule has 1 aromatic heterocycles. The molecule has 0 saturated carbocycles. The van der Waals surface area contributed by atoms with Gasteiger partial charge in [-0.2, -0.15) is 0 Å². The number of aromatic amines is 1. The summed E-state index contributed by atoms with van der Waals surface area (Å²) in [4.78, 5) is 3.26. The topological polar surface area (TPSA) is 65.2 Å². The largest absolute Gasteiger partial charge is 0.363 e. The van der Waals surface area contributed by atoms with Gasteiger partial charge in [0.25, 0.3) is 10.0 Å². The zero-order chi connectivity index (χ0) is 14.6. The minimum Gasteiger partial charge on any atom is -0.363 e. The van der Waals surface area contributed by atoms with Crippen molar-refractivity contribution >= 4 is 15.7 Å². The summed E-state index contributed by atoms with van der Waals surface area (Å²) in [6.07, 6.45) is 1.53. The van der Waals surface area contributed by atoms with E-state index in [2.05, 4.69) is 10.3 Å². The van der Waals surface area contributed by atoms with Crippen LogP contribution in [-0.2, 0) is 16.6 Å². The molecule has 5 nitrogen and oxygen atoms in total. The first-order chi connectivity index (χ1) is 9.55. The average molecular weight is 293 g/mol. The number of nitrogens with one attached hydrogen (secondary N) is 2. The molecular formula is C14H19N3O2S. The van der Waals surface area contributed by atoms with Crippen LogP contribution in [0.3, 0.4) is 0 Å². The van der Waals surface area contributed by atoms with E-state index in [0.717, 1.165) is 12.2 Å². The van der Waals surface area contributed by atoms with E-state index in [4.69, 9.17) is 0 Å². The molecule has 0 bridgehead atoms. The van der Waals surface area contributed by atoms with Gasteiger partial charge in [-0.05, 0) is 24.7 Å². The second-order valence-electron chi connectivity index (χ2n) is 4.45. The lowest BCUT2D eigenvalue weighted by atomic mass is 10.3. The molecule has 2 aromatic rings. The average Bonchev–Trinajstić information content (AvgIpc) is 2.94. The second kappa shape index (κ2) is 6.11. The van der Waals surface area contributed by atoms with Gasteiger partial charge in [-0.25, -0.2) is 8.42 Å². The lowest BCUT2D eigenvalue weighted by Gasteiger charge is -2.18. The summed E-state index contributed by atoms with van der Waals surface area (Å²) >= 11 is 0. The Labute approximate surface area is 119 Å². The lowest BCUT2D eigenvalue weighted by Crippen LogP contribution is -2.26. The molecule has 1 heterocycles. The number of rotatable bonds is 6. The monoisotopic (exact) mass is 293 g/mol. The summed E-state index contributed by atoms with van der Waals surface area (Å²) < 4.78 is 26.3. The fourth-order valence-corrected chi connectivity index (χ4v) is 3.08. The van der Waals surface area contributed by atoms with E-state index < -0.39 is 10.0 Å². The Bertz CT molecular complexity index is 650. The standard InChI is InChI=1S/C14H19N3O2S/c1-3-15-10-12-9-14(11-16-12)20(18,19)17(2)13-7-5-4-6-8-13/h4-9,11,15-16H,3,10H2,1-2H3. The van der Waals surface area contributed by atoms with E-state index in [-0.39, 0.29) is 4.90 Å². The van der Waals surface area contributed by atoms with E-state index in [1.165, 1.54) is 10.5 Å². The van der Waals surface area contributed by atoms with Gasteiger partial charge in [-0.3, -0.25) is 4.31 Å². The van der Waals surface area contributed by atoms with Crippen molar-refractivity contribution in [1.82, 2.24) is 10.3 Å². The van der Waals surface area contributed by atoms with Crippen LogP contribution in [0.2, 0.25) is 0 Å². The SMILES string of the molecule is CCNCc1cc(S(=O)(=O)N(C)c2ccccc2)c[nH]1. The normalized spacial score (nSPS) is 11.5. The van der Waals surface area contributed by atoms with Gasteiger partial charge in [-0.1, -0.05) is 25.1 Å². The molecule has 2 rings (SSSR count). The van der Waals surface area contributed by atoms with E-state index in [0.29, 0.717) is 12.2 Å². The smallest absolute Gasteiger partial charge is 0.265 e.